The third kappa shape index (κ3) is 3.56. The first-order chi connectivity index (χ1) is 12.6. The van der Waals surface area contributed by atoms with E-state index in [9.17, 15) is 21.6 Å². The van der Waals surface area contributed by atoms with Gasteiger partial charge in [0.05, 0.1) is 18.4 Å². The lowest BCUT2D eigenvalue weighted by Gasteiger charge is -2.11. The molecule has 0 fully saturated rings. The van der Waals surface area contributed by atoms with Gasteiger partial charge in [-0.25, -0.2) is 13.1 Å². The van der Waals surface area contributed by atoms with Crippen LogP contribution in [0.25, 0.3) is 16.7 Å². The number of methoxy groups -OCH3 is 1. The molecule has 0 aliphatic rings. The highest BCUT2D eigenvalue weighted by Crippen LogP contribution is 2.32. The van der Waals surface area contributed by atoms with E-state index in [0.29, 0.717) is 0 Å². The Hall–Kier alpha value is -2.40. The molecule has 3 aromatic rings. The molecule has 0 amide bonds. The average molecular weight is 421 g/mol. The quantitative estimate of drug-likeness (QED) is 0.643. The Morgan fingerprint density at radius 2 is 2.00 bits per heavy atom. The van der Waals surface area contributed by atoms with Crippen molar-refractivity contribution in [2.75, 3.05) is 12.9 Å². The average Bonchev–Trinajstić information content (AvgIpc) is 3.03. The summed E-state index contributed by atoms with van der Waals surface area (Å²) in [6.45, 7) is 1.44. The van der Waals surface area contributed by atoms with Crippen molar-refractivity contribution in [3.63, 3.8) is 0 Å². The van der Waals surface area contributed by atoms with E-state index in [2.05, 4.69) is 15.1 Å². The maximum absolute atomic E-state index is 12.8. The summed E-state index contributed by atoms with van der Waals surface area (Å²) in [6.07, 6.45) is -2.30. The summed E-state index contributed by atoms with van der Waals surface area (Å²) in [4.78, 5) is 7.21. The highest BCUT2D eigenvalue weighted by atomic mass is 35.5. The SMILES string of the molecule is CCS(=O)(=O)c1cc(Cl)c(OC)nc1-n1cc2cnc(C(F)(F)F)cc2n1. The molecule has 0 radical (unpaired) electrons. The molecule has 144 valence electrons. The Morgan fingerprint density at radius 3 is 2.59 bits per heavy atom. The van der Waals surface area contributed by atoms with Crippen LogP contribution in [-0.4, -0.2) is 41.0 Å². The Balaban J connectivity index is 2.26. The molecule has 0 aromatic carbocycles. The zero-order chi connectivity index (χ0) is 20.0. The first-order valence-corrected chi connectivity index (χ1v) is 9.50. The monoisotopic (exact) mass is 420 g/mol. The van der Waals surface area contributed by atoms with Gasteiger partial charge in [0.15, 0.2) is 15.7 Å². The van der Waals surface area contributed by atoms with E-state index < -0.39 is 21.7 Å². The lowest BCUT2D eigenvalue weighted by atomic mass is 10.3. The predicted octanol–water partition coefficient (Wildman–Crippen LogP) is 3.29. The van der Waals surface area contributed by atoms with Crippen LogP contribution in [0.15, 0.2) is 29.4 Å². The van der Waals surface area contributed by atoms with Crippen molar-refractivity contribution in [2.45, 2.75) is 18.0 Å². The van der Waals surface area contributed by atoms with Crippen LogP contribution in [0.4, 0.5) is 13.2 Å². The van der Waals surface area contributed by atoms with E-state index in [1.165, 1.54) is 26.3 Å². The van der Waals surface area contributed by atoms with Gasteiger partial charge in [0.1, 0.15) is 15.6 Å². The van der Waals surface area contributed by atoms with Crippen molar-refractivity contribution in [1.82, 2.24) is 19.7 Å². The third-order valence-electron chi connectivity index (χ3n) is 3.69. The molecule has 0 N–H and O–H groups in total. The normalized spacial score (nSPS) is 12.5. The minimum atomic E-state index is -4.63. The number of ether oxygens (including phenoxy) is 1. The zero-order valence-electron chi connectivity index (χ0n) is 14.0. The van der Waals surface area contributed by atoms with Gasteiger partial charge in [0.2, 0.25) is 5.88 Å². The number of rotatable bonds is 4. The number of fused-ring (bicyclic) bond motifs is 1. The molecule has 3 heterocycles. The molecule has 0 bridgehead atoms. The summed E-state index contributed by atoms with van der Waals surface area (Å²) in [7, 11) is -2.46. The van der Waals surface area contributed by atoms with E-state index in [1.54, 1.807) is 0 Å². The minimum absolute atomic E-state index is 0.0205. The summed E-state index contributed by atoms with van der Waals surface area (Å²) in [5.74, 6) is -0.413. The lowest BCUT2D eigenvalue weighted by molar-refractivity contribution is -0.141. The molecule has 0 unspecified atom stereocenters. The number of halogens is 4. The van der Waals surface area contributed by atoms with E-state index in [-0.39, 0.29) is 38.3 Å². The molecule has 0 aliphatic heterocycles. The molecular formula is C15H12ClF3N4O3S. The second kappa shape index (κ2) is 6.64. The van der Waals surface area contributed by atoms with Gasteiger partial charge in [0, 0.05) is 17.8 Å². The molecular weight excluding hydrogens is 409 g/mol. The van der Waals surface area contributed by atoms with Crippen LogP contribution >= 0.6 is 11.6 Å². The Bertz CT molecular complexity index is 1130. The second-order valence-electron chi connectivity index (χ2n) is 5.40. The standard InChI is InChI=1S/C15H12ClF3N4O3S/c1-3-27(24,25)11-4-9(16)14(26-2)21-13(11)23-7-8-6-20-12(15(17,18)19)5-10(8)22-23/h4-7H,3H2,1-2H3. The van der Waals surface area contributed by atoms with Gasteiger partial charge in [-0.15, -0.1) is 0 Å². The molecule has 3 rings (SSSR count). The molecule has 27 heavy (non-hydrogen) atoms. The van der Waals surface area contributed by atoms with Crippen molar-refractivity contribution in [2.24, 2.45) is 0 Å². The fourth-order valence-electron chi connectivity index (χ4n) is 2.32. The van der Waals surface area contributed by atoms with Gasteiger partial charge in [-0.2, -0.15) is 23.3 Å². The van der Waals surface area contributed by atoms with Crippen LogP contribution in [0.3, 0.4) is 0 Å². The van der Waals surface area contributed by atoms with Gasteiger partial charge in [0.25, 0.3) is 0 Å². The lowest BCUT2D eigenvalue weighted by Crippen LogP contribution is -2.12. The number of alkyl halides is 3. The molecule has 12 heteroatoms. The molecule has 0 spiro atoms. The van der Waals surface area contributed by atoms with E-state index in [1.807, 2.05) is 0 Å². The number of hydrogen-bond donors (Lipinski definition) is 0. The van der Waals surface area contributed by atoms with Crippen molar-refractivity contribution < 1.29 is 26.3 Å². The van der Waals surface area contributed by atoms with Crippen LogP contribution in [0.1, 0.15) is 12.6 Å². The van der Waals surface area contributed by atoms with E-state index in [4.69, 9.17) is 16.3 Å². The maximum atomic E-state index is 12.8. The number of pyridine rings is 2. The molecule has 7 nitrogen and oxygen atoms in total. The summed E-state index contributed by atoms with van der Waals surface area (Å²) in [5, 5.41) is 4.28. The Kier molecular flexibility index (Phi) is 4.76. The van der Waals surface area contributed by atoms with E-state index in [0.717, 1.165) is 16.9 Å². The number of nitrogens with zero attached hydrogens (tertiary/aromatic N) is 4. The van der Waals surface area contributed by atoms with Crippen molar-refractivity contribution in [3.8, 4) is 11.7 Å². The van der Waals surface area contributed by atoms with Crippen LogP contribution in [0.2, 0.25) is 5.02 Å². The fourth-order valence-corrected chi connectivity index (χ4v) is 3.64. The van der Waals surface area contributed by atoms with Gasteiger partial charge in [-0.3, -0.25) is 4.98 Å². The highest BCUT2D eigenvalue weighted by molar-refractivity contribution is 7.91. The van der Waals surface area contributed by atoms with Gasteiger partial charge in [-0.05, 0) is 12.1 Å². The van der Waals surface area contributed by atoms with Gasteiger partial charge in [-0.1, -0.05) is 18.5 Å². The summed E-state index contributed by atoms with van der Waals surface area (Å²) in [5.41, 5.74) is -1.13. The predicted molar refractivity (Wildman–Crippen MR) is 91.0 cm³/mol. The number of sulfone groups is 1. The molecule has 0 atom stereocenters. The second-order valence-corrected chi connectivity index (χ2v) is 8.06. The summed E-state index contributed by atoms with van der Waals surface area (Å²) < 4.78 is 69.4. The topological polar surface area (TPSA) is 87.0 Å². The van der Waals surface area contributed by atoms with Gasteiger partial charge >= 0.3 is 6.18 Å². The van der Waals surface area contributed by atoms with Crippen LogP contribution in [0, 0.1) is 0 Å². The maximum Gasteiger partial charge on any atom is 0.433 e. The van der Waals surface area contributed by atoms with Crippen LogP contribution in [-0.2, 0) is 16.0 Å². The fraction of sp³-hybridized carbons (Fsp3) is 0.267. The Morgan fingerprint density at radius 1 is 1.30 bits per heavy atom. The zero-order valence-corrected chi connectivity index (χ0v) is 15.5. The third-order valence-corrected chi connectivity index (χ3v) is 5.70. The summed E-state index contributed by atoms with van der Waals surface area (Å²) in [6, 6.07) is 1.94. The smallest absolute Gasteiger partial charge is 0.433 e. The minimum Gasteiger partial charge on any atom is -0.480 e. The number of hydrogen-bond acceptors (Lipinski definition) is 6. The molecule has 0 aliphatic carbocycles. The first-order valence-electron chi connectivity index (χ1n) is 7.47. The van der Waals surface area contributed by atoms with Crippen molar-refractivity contribution in [1.29, 1.82) is 0 Å². The largest absolute Gasteiger partial charge is 0.480 e. The molecule has 0 saturated carbocycles. The van der Waals surface area contributed by atoms with Crippen LogP contribution in [0.5, 0.6) is 5.88 Å². The first kappa shape index (κ1) is 19.4. The Labute approximate surface area is 156 Å². The highest BCUT2D eigenvalue weighted by Gasteiger charge is 2.33. The van der Waals surface area contributed by atoms with E-state index >= 15 is 0 Å². The summed E-state index contributed by atoms with van der Waals surface area (Å²) >= 11 is 5.99. The van der Waals surface area contributed by atoms with Crippen LogP contribution < -0.4 is 4.74 Å². The molecule has 0 saturated heterocycles. The number of aromatic nitrogens is 4. The van der Waals surface area contributed by atoms with Gasteiger partial charge < -0.3 is 4.74 Å². The van der Waals surface area contributed by atoms with Crippen molar-refractivity contribution in [3.05, 3.63) is 35.2 Å². The van der Waals surface area contributed by atoms with Crippen molar-refractivity contribution >= 4 is 32.3 Å². The molecule has 3 aromatic heterocycles.